The summed E-state index contributed by atoms with van der Waals surface area (Å²) in [5.74, 6) is 0. The zero-order valence-electron chi connectivity index (χ0n) is 80.5. The van der Waals surface area contributed by atoms with Crippen molar-refractivity contribution in [3.05, 3.63) is 172 Å². The van der Waals surface area contributed by atoms with Gasteiger partial charge in [-0.15, -0.1) is 136 Å². The summed E-state index contributed by atoms with van der Waals surface area (Å²) in [6.07, 6.45) is 74.0. The second-order valence-electron chi connectivity index (χ2n) is 36.6. The Bertz CT molecular complexity index is 4540. The number of hydrogen-bond acceptors (Lipinski definition) is 12. The van der Waals surface area contributed by atoms with E-state index in [9.17, 15) is 0 Å². The molecule has 12 heteroatoms. The molecule has 12 aromatic heterocycles. The van der Waals surface area contributed by atoms with E-state index in [0.717, 1.165) is 0 Å². The van der Waals surface area contributed by atoms with Gasteiger partial charge in [0.1, 0.15) is 0 Å². The van der Waals surface area contributed by atoms with E-state index in [1.165, 1.54) is 464 Å². The van der Waals surface area contributed by atoms with Crippen LogP contribution in [-0.4, -0.2) is 0 Å². The first-order valence-corrected chi connectivity index (χ1v) is 60.7. The zero-order valence-corrected chi connectivity index (χ0v) is 90.3. The minimum atomic E-state index is 0. The molecular formula is C115H166S12. The summed E-state index contributed by atoms with van der Waals surface area (Å²) in [4.78, 5) is 35.0. The molecule has 12 heterocycles. The maximum atomic E-state index is 2.46. The van der Waals surface area contributed by atoms with Gasteiger partial charge in [0.25, 0.3) is 0 Å². The molecule has 0 saturated carbocycles. The Morgan fingerprint density at radius 2 is 0.252 bits per heavy atom. The average Bonchev–Trinajstić information content (AvgIpc) is 1.66. The number of hydrogen-bond donors (Lipinski definition) is 0. The summed E-state index contributed by atoms with van der Waals surface area (Å²) in [6, 6.07) is 43.2. The van der Waals surface area contributed by atoms with Crippen LogP contribution in [0, 0.1) is 41.5 Å². The fraction of sp³-hybridized carbons (Fsp3) is 0.583. The normalized spacial score (nSPS) is 11.5. The molecule has 0 saturated heterocycles. The lowest BCUT2D eigenvalue weighted by Gasteiger charge is -2.04. The molecule has 0 aliphatic heterocycles. The highest BCUT2D eigenvalue weighted by Crippen LogP contribution is 2.50. The van der Waals surface area contributed by atoms with Crippen LogP contribution < -0.4 is 0 Å². The fourth-order valence-corrected chi connectivity index (χ4v) is 31.6. The third-order valence-electron chi connectivity index (χ3n) is 25.1. The molecule has 12 rings (SSSR count). The Labute approximate surface area is 824 Å². The third-order valence-corrected chi connectivity index (χ3v) is 39.8. The molecule has 0 nitrogen and oxygen atoms in total. The van der Waals surface area contributed by atoms with Crippen LogP contribution in [0.3, 0.4) is 0 Å². The third kappa shape index (κ3) is 37.2. The van der Waals surface area contributed by atoms with Crippen LogP contribution in [0.1, 0.15) is 420 Å². The lowest BCUT2D eigenvalue weighted by molar-refractivity contribution is 0.556. The van der Waals surface area contributed by atoms with E-state index in [-0.39, 0.29) is 7.43 Å². The van der Waals surface area contributed by atoms with Gasteiger partial charge in [-0.05, 0) is 261 Å². The summed E-state index contributed by atoms with van der Waals surface area (Å²) >= 11 is 23.9. The largest absolute Gasteiger partial charge is 0.139 e. The van der Waals surface area contributed by atoms with Crippen LogP contribution in [0.4, 0.5) is 0 Å². The van der Waals surface area contributed by atoms with Crippen molar-refractivity contribution in [2.75, 3.05) is 0 Å². The zero-order chi connectivity index (χ0) is 88.7. The van der Waals surface area contributed by atoms with E-state index >= 15 is 0 Å². The van der Waals surface area contributed by atoms with Crippen molar-refractivity contribution in [2.45, 2.75) is 437 Å². The molecule has 0 amide bonds. The van der Waals surface area contributed by atoms with Crippen molar-refractivity contribution in [3.8, 4) is 87.8 Å². The standard InChI is InChI=1S/C42H62S4.C38H54S4.C34H46S4.CH4/c1-5-7-9-11-13-15-17-19-21-23-25-35-31-33(3)43-41(35)39-29-27-37(45-39)38-28-30-40(46-38)42-36(32-34(4)44-42)26-24-22-20-18-16-14-12-10-8-6-2;1-5-7-9-11-13-15-17-19-21-31-27-29(3)39-37(31)35-25-23-33(41-35)34-24-26-36(42-34)38-32(28-30(4)40-38)22-20-18-16-14-12-10-8-6-2;1-5-7-9-11-13-15-17-27-23-25(3)35-33(27)31-21-19-29(37-31)30-20-22-32(38-30)34-28(24-26(4)36-34)18-16-14-12-10-8-6-2;/h27-32H,5-26H2,1-4H3;23-28H,5-22H2,1-4H3;19-24H,5-18H2,1-4H3;1H4. The van der Waals surface area contributed by atoms with E-state index < -0.39 is 0 Å². The molecule has 0 aliphatic carbocycles. The number of aryl methyl sites for hydroxylation is 12. The minimum Gasteiger partial charge on any atom is -0.139 e. The Balaban J connectivity index is 0.000000215. The van der Waals surface area contributed by atoms with Gasteiger partial charge in [-0.1, -0.05) is 319 Å². The maximum absolute atomic E-state index is 2.46. The number of unbranched alkanes of at least 4 members (excludes halogenated alkanes) is 42. The highest BCUT2D eigenvalue weighted by molar-refractivity contribution is 7.30. The second-order valence-corrected chi connectivity index (χ2v) is 50.6. The molecule has 0 unspecified atom stereocenters. The first-order chi connectivity index (χ1) is 61.8. The predicted octanol–water partition coefficient (Wildman–Crippen LogP) is 45.4. The van der Waals surface area contributed by atoms with Crippen LogP contribution in [0.5, 0.6) is 0 Å². The van der Waals surface area contributed by atoms with Gasteiger partial charge >= 0.3 is 0 Å². The van der Waals surface area contributed by atoms with Crippen LogP contribution in [0.15, 0.2) is 109 Å². The molecule has 0 spiro atoms. The van der Waals surface area contributed by atoms with E-state index in [1.807, 2.05) is 136 Å². The predicted molar refractivity (Wildman–Crippen MR) is 596 cm³/mol. The Kier molecular flexibility index (Phi) is 52.4. The van der Waals surface area contributed by atoms with Crippen molar-refractivity contribution in [3.63, 3.8) is 0 Å². The monoisotopic (exact) mass is 1930 g/mol. The molecule has 12 aromatic rings. The Hall–Kier alpha value is -3.60. The van der Waals surface area contributed by atoms with Gasteiger partial charge < -0.3 is 0 Å². The highest BCUT2D eigenvalue weighted by atomic mass is 32.1. The number of thiophene rings is 12. The van der Waals surface area contributed by atoms with Crippen LogP contribution in [0.25, 0.3) is 87.8 Å². The molecule has 0 bridgehead atoms. The first-order valence-electron chi connectivity index (χ1n) is 50.9. The Morgan fingerprint density at radius 3 is 0.378 bits per heavy atom. The van der Waals surface area contributed by atoms with Crippen molar-refractivity contribution >= 4 is 136 Å². The smallest absolute Gasteiger partial charge is 0.0477 e. The van der Waals surface area contributed by atoms with E-state index in [2.05, 4.69) is 192 Å². The highest BCUT2D eigenvalue weighted by Gasteiger charge is 2.22. The first kappa shape index (κ1) is 107. The van der Waals surface area contributed by atoms with Gasteiger partial charge in [-0.2, -0.15) is 0 Å². The lowest BCUT2D eigenvalue weighted by Crippen LogP contribution is -1.86. The summed E-state index contributed by atoms with van der Waals surface area (Å²) < 4.78 is 0. The lowest BCUT2D eigenvalue weighted by atomic mass is 10.0. The molecule has 0 aliphatic rings. The summed E-state index contributed by atoms with van der Waals surface area (Å²) in [6.45, 7) is 27.5. The molecule has 698 valence electrons. The Morgan fingerprint density at radius 1 is 0.142 bits per heavy atom. The molecule has 0 radical (unpaired) electrons. The molecule has 0 aromatic carbocycles. The quantitative estimate of drug-likeness (QED) is 0.0333. The minimum absolute atomic E-state index is 0. The van der Waals surface area contributed by atoms with Gasteiger partial charge in [0.2, 0.25) is 0 Å². The molecule has 0 fully saturated rings. The number of rotatable bonds is 63. The molecule has 0 N–H and O–H groups in total. The fourth-order valence-electron chi connectivity index (χ4n) is 18.0. The van der Waals surface area contributed by atoms with E-state index in [1.54, 1.807) is 33.4 Å². The summed E-state index contributed by atoms with van der Waals surface area (Å²) in [5.41, 5.74) is 9.43. The van der Waals surface area contributed by atoms with Crippen molar-refractivity contribution in [1.29, 1.82) is 0 Å². The topological polar surface area (TPSA) is 0 Å². The summed E-state index contributed by atoms with van der Waals surface area (Å²) in [7, 11) is 0. The molecule has 127 heavy (non-hydrogen) atoms. The maximum Gasteiger partial charge on any atom is 0.0477 e. The van der Waals surface area contributed by atoms with Gasteiger partial charge in [0.05, 0.1) is 0 Å². The van der Waals surface area contributed by atoms with Gasteiger partial charge in [-0.25, -0.2) is 0 Å². The van der Waals surface area contributed by atoms with E-state index in [4.69, 9.17) is 0 Å². The SMILES string of the molecule is C.CCCCCCCCCCCCc1cc(C)sc1-c1ccc(-c2ccc(-c3sc(C)cc3CCCCCCCCCCCC)s2)s1.CCCCCCCCCCc1cc(C)sc1-c1ccc(-c2ccc(-c3sc(C)cc3CCCCCCCCCC)s2)s1.CCCCCCCCc1cc(C)sc1-c1ccc(-c2ccc(-c3sc(C)cc3CCCCCCCC)s2)s1. The van der Waals surface area contributed by atoms with Crippen molar-refractivity contribution in [2.24, 2.45) is 0 Å². The van der Waals surface area contributed by atoms with Crippen LogP contribution in [-0.2, 0) is 38.5 Å². The second kappa shape index (κ2) is 62.1. The van der Waals surface area contributed by atoms with Crippen LogP contribution in [0.2, 0.25) is 0 Å². The van der Waals surface area contributed by atoms with Crippen molar-refractivity contribution in [1.82, 2.24) is 0 Å². The van der Waals surface area contributed by atoms with Gasteiger partial charge in [-0.3, -0.25) is 0 Å². The molecule has 0 atom stereocenters. The summed E-state index contributed by atoms with van der Waals surface area (Å²) in [5, 5.41) is 0. The van der Waals surface area contributed by atoms with Gasteiger partial charge in [0, 0.05) is 117 Å². The average molecular weight is 1930 g/mol. The van der Waals surface area contributed by atoms with Crippen molar-refractivity contribution < 1.29 is 0 Å². The molecular weight excluding hydrogens is 1770 g/mol. The van der Waals surface area contributed by atoms with Gasteiger partial charge in [0.15, 0.2) is 0 Å². The van der Waals surface area contributed by atoms with Crippen LogP contribution >= 0.6 is 136 Å². The van der Waals surface area contributed by atoms with E-state index in [0.29, 0.717) is 0 Å².